The van der Waals surface area contributed by atoms with Gasteiger partial charge in [0.1, 0.15) is 0 Å². The fourth-order valence-corrected chi connectivity index (χ4v) is 4.52. The SMILES string of the molecule is c1csc(C2=Nc3ccsc3-c3c[nH]c4cccc2c34)c1. The van der Waals surface area contributed by atoms with Crippen molar-refractivity contribution in [3.8, 4) is 10.4 Å². The Labute approximate surface area is 129 Å². The summed E-state index contributed by atoms with van der Waals surface area (Å²) in [7, 11) is 0. The van der Waals surface area contributed by atoms with E-state index in [0.717, 1.165) is 11.4 Å². The van der Waals surface area contributed by atoms with Gasteiger partial charge in [-0.3, -0.25) is 0 Å². The van der Waals surface area contributed by atoms with Crippen LogP contribution >= 0.6 is 22.7 Å². The summed E-state index contributed by atoms with van der Waals surface area (Å²) >= 11 is 3.50. The molecule has 1 N–H and O–H groups in total. The first-order chi connectivity index (χ1) is 10.4. The summed E-state index contributed by atoms with van der Waals surface area (Å²) in [6, 6.07) is 12.7. The summed E-state index contributed by atoms with van der Waals surface area (Å²) < 4.78 is 0. The number of aromatic nitrogens is 1. The molecule has 0 atom stereocenters. The second-order valence-corrected chi connectivity index (χ2v) is 6.87. The minimum absolute atomic E-state index is 1.07. The molecule has 1 aliphatic rings. The molecule has 3 aromatic heterocycles. The number of thiophene rings is 2. The summed E-state index contributed by atoms with van der Waals surface area (Å²) in [5, 5.41) is 5.51. The van der Waals surface area contributed by atoms with E-state index in [4.69, 9.17) is 4.99 Å². The van der Waals surface area contributed by atoms with Gasteiger partial charge in [0, 0.05) is 28.2 Å². The van der Waals surface area contributed by atoms with Crippen LogP contribution < -0.4 is 0 Å². The monoisotopic (exact) mass is 306 g/mol. The highest BCUT2D eigenvalue weighted by atomic mass is 32.1. The number of nitrogens with one attached hydrogen (secondary N) is 1. The number of hydrogen-bond donors (Lipinski definition) is 1. The van der Waals surface area contributed by atoms with Gasteiger partial charge >= 0.3 is 0 Å². The second kappa shape index (κ2) is 4.16. The molecule has 21 heavy (non-hydrogen) atoms. The van der Waals surface area contributed by atoms with E-state index in [2.05, 4.69) is 58.3 Å². The zero-order valence-electron chi connectivity index (χ0n) is 11.0. The lowest BCUT2D eigenvalue weighted by Gasteiger charge is -2.05. The Morgan fingerprint density at radius 3 is 2.81 bits per heavy atom. The van der Waals surface area contributed by atoms with Gasteiger partial charge in [-0.2, -0.15) is 0 Å². The van der Waals surface area contributed by atoms with Gasteiger partial charge in [0.05, 0.1) is 21.2 Å². The number of aromatic amines is 1. The van der Waals surface area contributed by atoms with Gasteiger partial charge in [0.25, 0.3) is 0 Å². The molecule has 0 bridgehead atoms. The highest BCUT2D eigenvalue weighted by Crippen LogP contribution is 2.44. The molecule has 1 aromatic carbocycles. The molecule has 4 heteroatoms. The summed E-state index contributed by atoms with van der Waals surface area (Å²) in [6.45, 7) is 0. The van der Waals surface area contributed by atoms with Crippen molar-refractivity contribution in [2.24, 2.45) is 4.99 Å². The molecule has 0 radical (unpaired) electrons. The molecule has 0 amide bonds. The highest BCUT2D eigenvalue weighted by molar-refractivity contribution is 7.14. The fourth-order valence-electron chi connectivity index (χ4n) is 2.94. The van der Waals surface area contributed by atoms with E-state index in [0.29, 0.717) is 0 Å². The molecule has 5 rings (SSSR count). The third-order valence-electron chi connectivity index (χ3n) is 3.84. The van der Waals surface area contributed by atoms with Crippen LogP contribution in [0.2, 0.25) is 0 Å². The number of fused-ring (bicyclic) bond motifs is 2. The van der Waals surface area contributed by atoms with Gasteiger partial charge in [-0.05, 0) is 29.0 Å². The lowest BCUT2D eigenvalue weighted by molar-refractivity contribution is 1.47. The first-order valence-corrected chi connectivity index (χ1v) is 8.48. The van der Waals surface area contributed by atoms with Crippen molar-refractivity contribution < 1.29 is 0 Å². The van der Waals surface area contributed by atoms with Crippen LogP contribution in [0.5, 0.6) is 0 Å². The highest BCUT2D eigenvalue weighted by Gasteiger charge is 2.22. The molecule has 0 unspecified atom stereocenters. The Kier molecular flexibility index (Phi) is 2.28. The van der Waals surface area contributed by atoms with E-state index in [1.807, 2.05) is 0 Å². The van der Waals surface area contributed by atoms with Crippen molar-refractivity contribution in [1.82, 2.24) is 4.98 Å². The molecule has 4 heterocycles. The zero-order chi connectivity index (χ0) is 13.8. The molecule has 0 aliphatic carbocycles. The number of hydrogen-bond acceptors (Lipinski definition) is 3. The Balaban J connectivity index is 1.98. The Bertz CT molecular complexity index is 987. The van der Waals surface area contributed by atoms with Crippen LogP contribution in [0.25, 0.3) is 21.3 Å². The van der Waals surface area contributed by atoms with Crippen molar-refractivity contribution in [3.63, 3.8) is 0 Å². The second-order valence-electron chi connectivity index (χ2n) is 5.00. The molecular formula is C17H10N2S2. The summed E-state index contributed by atoms with van der Waals surface area (Å²) in [4.78, 5) is 10.8. The summed E-state index contributed by atoms with van der Waals surface area (Å²) in [5.74, 6) is 0. The maximum absolute atomic E-state index is 4.98. The first-order valence-electron chi connectivity index (χ1n) is 6.73. The molecule has 0 spiro atoms. The molecule has 2 nitrogen and oxygen atoms in total. The van der Waals surface area contributed by atoms with Crippen molar-refractivity contribution in [1.29, 1.82) is 0 Å². The maximum atomic E-state index is 4.98. The van der Waals surface area contributed by atoms with E-state index in [1.165, 1.54) is 31.8 Å². The summed E-state index contributed by atoms with van der Waals surface area (Å²) in [6.07, 6.45) is 2.11. The van der Waals surface area contributed by atoms with Gasteiger partial charge < -0.3 is 4.98 Å². The van der Waals surface area contributed by atoms with Crippen LogP contribution in [0.3, 0.4) is 0 Å². The molecular weight excluding hydrogens is 296 g/mol. The van der Waals surface area contributed by atoms with Crippen molar-refractivity contribution in [3.05, 3.63) is 63.8 Å². The van der Waals surface area contributed by atoms with Gasteiger partial charge in [-0.15, -0.1) is 22.7 Å². The average molecular weight is 306 g/mol. The van der Waals surface area contributed by atoms with E-state index in [1.54, 1.807) is 22.7 Å². The minimum Gasteiger partial charge on any atom is -0.360 e. The van der Waals surface area contributed by atoms with E-state index < -0.39 is 0 Å². The lowest BCUT2D eigenvalue weighted by atomic mass is 10.0. The number of H-pyrrole nitrogens is 1. The smallest absolute Gasteiger partial charge is 0.0888 e. The molecule has 0 saturated carbocycles. The molecule has 1 aliphatic heterocycles. The zero-order valence-corrected chi connectivity index (χ0v) is 12.6. The van der Waals surface area contributed by atoms with Crippen molar-refractivity contribution in [2.75, 3.05) is 0 Å². The topological polar surface area (TPSA) is 28.1 Å². The standard InChI is InChI=1S/C17H10N2S2/c1-3-10-15-11(9-18-12(15)4-1)17-13(6-8-21-17)19-16(10)14-5-2-7-20-14/h1-9,18H. The molecule has 100 valence electrons. The van der Waals surface area contributed by atoms with E-state index in [-0.39, 0.29) is 0 Å². The Hall–Kier alpha value is -2.17. The van der Waals surface area contributed by atoms with Crippen molar-refractivity contribution in [2.45, 2.75) is 0 Å². The number of rotatable bonds is 1. The fraction of sp³-hybridized carbons (Fsp3) is 0. The van der Waals surface area contributed by atoms with Crippen molar-refractivity contribution >= 4 is 45.0 Å². The Morgan fingerprint density at radius 1 is 0.905 bits per heavy atom. The number of benzene rings is 1. The third kappa shape index (κ3) is 1.54. The predicted octanol–water partition coefficient (Wildman–Crippen LogP) is 5.44. The van der Waals surface area contributed by atoms with Gasteiger partial charge in [0.2, 0.25) is 0 Å². The van der Waals surface area contributed by atoms with Crippen LogP contribution in [-0.2, 0) is 0 Å². The van der Waals surface area contributed by atoms with E-state index >= 15 is 0 Å². The van der Waals surface area contributed by atoms with Gasteiger partial charge in [-0.25, -0.2) is 4.99 Å². The quantitative estimate of drug-likeness (QED) is 0.427. The predicted molar refractivity (Wildman–Crippen MR) is 91.2 cm³/mol. The number of aliphatic imine (C=N–C) groups is 1. The average Bonchev–Trinajstić information content (AvgIpc) is 3.22. The third-order valence-corrected chi connectivity index (χ3v) is 5.65. The molecule has 4 aromatic rings. The normalized spacial score (nSPS) is 13.0. The Morgan fingerprint density at radius 2 is 1.90 bits per heavy atom. The largest absolute Gasteiger partial charge is 0.360 e. The molecule has 0 fully saturated rings. The van der Waals surface area contributed by atoms with Crippen LogP contribution in [0.4, 0.5) is 5.69 Å². The van der Waals surface area contributed by atoms with Gasteiger partial charge in [-0.1, -0.05) is 18.2 Å². The number of nitrogens with zero attached hydrogens (tertiary/aromatic N) is 1. The molecule has 0 saturated heterocycles. The van der Waals surface area contributed by atoms with Crippen LogP contribution in [0.1, 0.15) is 10.4 Å². The lowest BCUT2D eigenvalue weighted by Crippen LogP contribution is -2.00. The minimum atomic E-state index is 1.07. The summed E-state index contributed by atoms with van der Waals surface area (Å²) in [5.41, 5.74) is 5.80. The van der Waals surface area contributed by atoms with Gasteiger partial charge in [0.15, 0.2) is 0 Å². The van der Waals surface area contributed by atoms with Crippen LogP contribution in [0, 0.1) is 0 Å². The maximum Gasteiger partial charge on any atom is 0.0888 e. The first kappa shape index (κ1) is 11.5. The van der Waals surface area contributed by atoms with E-state index in [9.17, 15) is 0 Å². The van der Waals surface area contributed by atoms with Crippen LogP contribution in [0.15, 0.2) is 58.3 Å². The van der Waals surface area contributed by atoms with Crippen LogP contribution in [-0.4, -0.2) is 10.7 Å².